The van der Waals surface area contributed by atoms with E-state index in [1.54, 1.807) is 12.1 Å². The fourth-order valence-electron chi connectivity index (χ4n) is 1.25. The summed E-state index contributed by atoms with van der Waals surface area (Å²) in [5, 5.41) is 3.34. The standard InChI is InChI=1S/C12H15F2N3OS/c1-3-15-12(19)17-16-8(2)9-4-6-10(7-5-9)18-11(13)14/h4-7,11,16H,2-3H2,1H3,(H2,15,17,19). The zero-order valence-electron chi connectivity index (χ0n) is 10.4. The van der Waals surface area contributed by atoms with Crippen LogP contribution in [-0.2, 0) is 0 Å². The highest BCUT2D eigenvalue weighted by Gasteiger charge is 2.04. The Labute approximate surface area is 115 Å². The van der Waals surface area contributed by atoms with Gasteiger partial charge >= 0.3 is 6.61 Å². The zero-order valence-corrected chi connectivity index (χ0v) is 11.2. The van der Waals surface area contributed by atoms with Crippen molar-refractivity contribution in [2.45, 2.75) is 13.5 Å². The highest BCUT2D eigenvalue weighted by Crippen LogP contribution is 2.17. The van der Waals surface area contributed by atoms with Crippen LogP contribution in [-0.4, -0.2) is 18.3 Å². The minimum atomic E-state index is -2.83. The predicted octanol–water partition coefficient (Wildman–Crippen LogP) is 2.25. The van der Waals surface area contributed by atoms with Crippen LogP contribution >= 0.6 is 12.2 Å². The molecule has 0 heterocycles. The van der Waals surface area contributed by atoms with E-state index < -0.39 is 6.61 Å². The molecular formula is C12H15F2N3OS. The summed E-state index contributed by atoms with van der Waals surface area (Å²) >= 11 is 4.96. The highest BCUT2D eigenvalue weighted by atomic mass is 32.1. The van der Waals surface area contributed by atoms with Crippen molar-refractivity contribution in [2.24, 2.45) is 0 Å². The van der Waals surface area contributed by atoms with E-state index in [4.69, 9.17) is 12.2 Å². The van der Waals surface area contributed by atoms with Gasteiger partial charge in [0.05, 0.1) is 5.70 Å². The van der Waals surface area contributed by atoms with Crippen LogP contribution in [0.1, 0.15) is 12.5 Å². The Balaban J connectivity index is 2.51. The molecule has 0 atom stereocenters. The van der Waals surface area contributed by atoms with Gasteiger partial charge in [-0.3, -0.25) is 10.9 Å². The molecule has 0 aliphatic rings. The number of thiocarbonyl (C=S) groups is 1. The molecule has 0 bridgehead atoms. The molecule has 0 saturated carbocycles. The van der Waals surface area contributed by atoms with Gasteiger partial charge in [-0.1, -0.05) is 6.58 Å². The van der Waals surface area contributed by atoms with E-state index in [1.807, 2.05) is 6.92 Å². The maximum atomic E-state index is 12.0. The Morgan fingerprint density at radius 1 is 1.32 bits per heavy atom. The van der Waals surface area contributed by atoms with E-state index >= 15 is 0 Å². The van der Waals surface area contributed by atoms with Crippen molar-refractivity contribution in [3.05, 3.63) is 36.4 Å². The second-order valence-electron chi connectivity index (χ2n) is 3.49. The molecule has 19 heavy (non-hydrogen) atoms. The third-order valence-corrected chi connectivity index (χ3v) is 2.34. The number of benzene rings is 1. The molecule has 7 heteroatoms. The molecule has 0 unspecified atom stereocenters. The monoisotopic (exact) mass is 287 g/mol. The van der Waals surface area contributed by atoms with Crippen molar-refractivity contribution >= 4 is 23.0 Å². The molecule has 0 aliphatic heterocycles. The van der Waals surface area contributed by atoms with Crippen molar-refractivity contribution < 1.29 is 13.5 Å². The minimum absolute atomic E-state index is 0.0997. The summed E-state index contributed by atoms with van der Waals surface area (Å²) in [4.78, 5) is 0. The van der Waals surface area contributed by atoms with Gasteiger partial charge in [-0.25, -0.2) is 0 Å². The molecule has 0 radical (unpaired) electrons. The van der Waals surface area contributed by atoms with Crippen LogP contribution in [0, 0.1) is 0 Å². The van der Waals surface area contributed by atoms with E-state index in [1.165, 1.54) is 12.1 Å². The van der Waals surface area contributed by atoms with Crippen molar-refractivity contribution in [2.75, 3.05) is 6.54 Å². The first-order valence-corrected chi connectivity index (χ1v) is 5.97. The van der Waals surface area contributed by atoms with Crippen molar-refractivity contribution in [1.29, 1.82) is 0 Å². The highest BCUT2D eigenvalue weighted by molar-refractivity contribution is 7.80. The van der Waals surface area contributed by atoms with Gasteiger partial charge in [-0.2, -0.15) is 8.78 Å². The number of hydrogen-bond acceptors (Lipinski definition) is 3. The zero-order chi connectivity index (χ0) is 14.3. The lowest BCUT2D eigenvalue weighted by atomic mass is 10.2. The van der Waals surface area contributed by atoms with E-state index in [0.29, 0.717) is 17.4 Å². The molecule has 104 valence electrons. The van der Waals surface area contributed by atoms with Gasteiger partial charge < -0.3 is 10.1 Å². The Morgan fingerprint density at radius 3 is 2.47 bits per heavy atom. The first-order valence-electron chi connectivity index (χ1n) is 5.57. The molecule has 1 rings (SSSR count). The van der Waals surface area contributed by atoms with Crippen LogP contribution in [0.4, 0.5) is 8.78 Å². The first-order chi connectivity index (χ1) is 9.02. The number of rotatable bonds is 6. The summed E-state index contributed by atoms with van der Waals surface area (Å²) < 4.78 is 28.2. The summed E-state index contributed by atoms with van der Waals surface area (Å²) in [6.45, 7) is 3.60. The summed E-state index contributed by atoms with van der Waals surface area (Å²) in [6.07, 6.45) is 0. The molecule has 1 aromatic carbocycles. The topological polar surface area (TPSA) is 45.3 Å². The van der Waals surface area contributed by atoms with E-state index in [0.717, 1.165) is 5.56 Å². The van der Waals surface area contributed by atoms with Gasteiger partial charge in [0.1, 0.15) is 5.75 Å². The van der Waals surface area contributed by atoms with Gasteiger partial charge in [-0.05, 0) is 49.0 Å². The number of hydrogen-bond donors (Lipinski definition) is 3. The van der Waals surface area contributed by atoms with Crippen LogP contribution in [0.3, 0.4) is 0 Å². The van der Waals surface area contributed by atoms with Crippen LogP contribution in [0.5, 0.6) is 5.75 Å². The molecule has 0 saturated heterocycles. The fraction of sp³-hybridized carbons (Fsp3) is 0.250. The SMILES string of the molecule is C=C(NNC(=S)NCC)c1ccc(OC(F)F)cc1. The molecule has 0 fully saturated rings. The Kier molecular flexibility index (Phi) is 6.01. The number of halogens is 2. The Bertz CT molecular complexity index is 437. The van der Waals surface area contributed by atoms with Gasteiger partial charge in [0.15, 0.2) is 5.11 Å². The van der Waals surface area contributed by atoms with Crippen LogP contribution in [0.15, 0.2) is 30.8 Å². The average molecular weight is 287 g/mol. The van der Waals surface area contributed by atoms with Gasteiger partial charge in [0.2, 0.25) is 0 Å². The lowest BCUT2D eigenvalue weighted by Gasteiger charge is -2.13. The molecule has 0 amide bonds. The largest absolute Gasteiger partial charge is 0.435 e. The van der Waals surface area contributed by atoms with Gasteiger partial charge in [0.25, 0.3) is 0 Å². The predicted molar refractivity (Wildman–Crippen MR) is 74.7 cm³/mol. The fourth-order valence-corrected chi connectivity index (χ4v) is 1.44. The smallest absolute Gasteiger partial charge is 0.387 e. The summed E-state index contributed by atoms with van der Waals surface area (Å²) in [7, 11) is 0. The maximum Gasteiger partial charge on any atom is 0.387 e. The second-order valence-corrected chi connectivity index (χ2v) is 3.90. The second kappa shape index (κ2) is 7.52. The lowest BCUT2D eigenvalue weighted by molar-refractivity contribution is -0.0498. The van der Waals surface area contributed by atoms with Gasteiger partial charge in [-0.15, -0.1) is 0 Å². The Hall–Kier alpha value is -1.89. The molecule has 0 aromatic heterocycles. The van der Waals surface area contributed by atoms with E-state index in [2.05, 4.69) is 27.5 Å². The normalized spacial score (nSPS) is 9.89. The van der Waals surface area contributed by atoms with E-state index in [-0.39, 0.29) is 5.75 Å². The number of nitrogens with one attached hydrogen (secondary N) is 3. The first kappa shape index (κ1) is 15.2. The maximum absolute atomic E-state index is 12.0. The molecular weight excluding hydrogens is 272 g/mol. The minimum Gasteiger partial charge on any atom is -0.435 e. The molecule has 0 aliphatic carbocycles. The summed E-state index contributed by atoms with van der Waals surface area (Å²) in [6, 6.07) is 6.12. The number of alkyl halides is 2. The average Bonchev–Trinajstić information content (AvgIpc) is 2.36. The molecule has 0 spiro atoms. The van der Waals surface area contributed by atoms with Gasteiger partial charge in [0, 0.05) is 6.54 Å². The van der Waals surface area contributed by atoms with Crippen LogP contribution in [0.25, 0.3) is 5.70 Å². The number of ether oxygens (including phenoxy) is 1. The molecule has 1 aromatic rings. The van der Waals surface area contributed by atoms with E-state index in [9.17, 15) is 8.78 Å². The molecule has 3 N–H and O–H groups in total. The van der Waals surface area contributed by atoms with Crippen LogP contribution in [0.2, 0.25) is 0 Å². The van der Waals surface area contributed by atoms with Crippen molar-refractivity contribution in [3.63, 3.8) is 0 Å². The third kappa shape index (κ3) is 5.52. The Morgan fingerprint density at radius 2 is 1.95 bits per heavy atom. The summed E-state index contributed by atoms with van der Waals surface area (Å²) in [5.41, 5.74) is 6.84. The third-order valence-electron chi connectivity index (χ3n) is 2.09. The van der Waals surface area contributed by atoms with Crippen molar-refractivity contribution in [3.8, 4) is 5.75 Å². The van der Waals surface area contributed by atoms with Crippen LogP contribution < -0.4 is 20.9 Å². The number of hydrazine groups is 1. The molecule has 4 nitrogen and oxygen atoms in total. The summed E-state index contributed by atoms with van der Waals surface area (Å²) in [5.74, 6) is 0.0997. The quantitative estimate of drug-likeness (QED) is 0.553. The lowest BCUT2D eigenvalue weighted by Crippen LogP contribution is -2.42. The van der Waals surface area contributed by atoms with Crippen molar-refractivity contribution in [1.82, 2.24) is 16.2 Å².